The monoisotopic (exact) mass is 302 g/mol. The number of rotatable bonds is 7. The first-order chi connectivity index (χ1) is 8.46. The van der Waals surface area contributed by atoms with Gasteiger partial charge in [-0.3, -0.25) is 4.57 Å². The lowest BCUT2D eigenvalue weighted by atomic mass is 10.5. The van der Waals surface area contributed by atoms with Gasteiger partial charge in [0.2, 0.25) is 4.99 Å². The summed E-state index contributed by atoms with van der Waals surface area (Å²) in [5.41, 5.74) is 0. The summed E-state index contributed by atoms with van der Waals surface area (Å²) < 4.78 is 55.7. The van der Waals surface area contributed by atoms with Crippen molar-refractivity contribution in [2.75, 3.05) is 26.6 Å². The topological polar surface area (TPSA) is 88.1 Å². The molecule has 18 heavy (non-hydrogen) atoms. The Hall–Kier alpha value is 0.0200. The third-order valence-corrected chi connectivity index (χ3v) is 6.91. The second kappa shape index (κ2) is 6.98. The van der Waals surface area contributed by atoms with Crippen LogP contribution in [0.15, 0.2) is 0 Å². The second-order valence-corrected chi connectivity index (χ2v) is 8.12. The molecule has 0 saturated carbocycles. The lowest BCUT2D eigenvalue weighted by molar-refractivity contribution is 0.00168. The minimum atomic E-state index is -3.98. The summed E-state index contributed by atoms with van der Waals surface area (Å²) in [6.07, 6.45) is 1.21. The summed E-state index contributed by atoms with van der Waals surface area (Å²) in [6.45, 7) is 3.37. The van der Waals surface area contributed by atoms with Crippen LogP contribution in [0.4, 0.5) is 0 Å². The first-order valence-corrected chi connectivity index (χ1v) is 8.89. The van der Waals surface area contributed by atoms with Gasteiger partial charge in [0.15, 0.2) is 6.79 Å². The summed E-state index contributed by atoms with van der Waals surface area (Å²) in [5, 5.41) is 0. The molecule has 1 aliphatic heterocycles. The van der Waals surface area contributed by atoms with Crippen molar-refractivity contribution in [2.24, 2.45) is 0 Å². The predicted molar refractivity (Wildman–Crippen MR) is 64.7 cm³/mol. The molecule has 0 aliphatic carbocycles. The molecule has 0 N–H and O–H groups in total. The molecular formula is C9H19O7PS. The molecule has 7 nitrogen and oxygen atoms in total. The Bertz CT molecular complexity index is 382. The Labute approximate surface area is 107 Å². The fourth-order valence-corrected chi connectivity index (χ4v) is 5.31. The molecule has 0 aromatic heterocycles. The van der Waals surface area contributed by atoms with Gasteiger partial charge in [-0.25, -0.2) is 4.18 Å². The highest BCUT2D eigenvalue weighted by atomic mass is 32.2. The highest BCUT2D eigenvalue weighted by Crippen LogP contribution is 2.56. The standard InChI is InChI=1S/C9H19O7PS/c1-3-5-14-17(10,15-6-4-2)9-7-13-8-16-18(9,11)12/h9H,3-8H2,1-2H3. The minimum Gasteiger partial charge on any atom is -0.352 e. The van der Waals surface area contributed by atoms with Gasteiger partial charge >= 0.3 is 7.60 Å². The van der Waals surface area contributed by atoms with E-state index >= 15 is 0 Å². The zero-order valence-corrected chi connectivity index (χ0v) is 12.2. The second-order valence-electron chi connectivity index (χ2n) is 3.76. The Morgan fingerprint density at radius 3 is 2.22 bits per heavy atom. The highest BCUT2D eigenvalue weighted by molar-refractivity contribution is 7.94. The van der Waals surface area contributed by atoms with Crippen LogP contribution >= 0.6 is 7.60 Å². The SMILES string of the molecule is CCCOP(=O)(OCCC)C1COCOS1(=O)=O. The zero-order chi connectivity index (χ0) is 13.6. The molecule has 1 fully saturated rings. The van der Waals surface area contributed by atoms with E-state index in [1.165, 1.54) is 0 Å². The Morgan fingerprint density at radius 1 is 1.22 bits per heavy atom. The molecular weight excluding hydrogens is 283 g/mol. The molecule has 0 aromatic carbocycles. The molecule has 1 atom stereocenters. The van der Waals surface area contributed by atoms with Crippen molar-refractivity contribution in [1.29, 1.82) is 0 Å². The van der Waals surface area contributed by atoms with Gasteiger partial charge < -0.3 is 13.8 Å². The van der Waals surface area contributed by atoms with E-state index in [9.17, 15) is 13.0 Å². The highest BCUT2D eigenvalue weighted by Gasteiger charge is 2.48. The van der Waals surface area contributed by atoms with E-state index in [0.717, 1.165) is 0 Å². The van der Waals surface area contributed by atoms with Gasteiger partial charge in [-0.2, -0.15) is 8.42 Å². The van der Waals surface area contributed by atoms with Crippen molar-refractivity contribution >= 4 is 17.7 Å². The average molecular weight is 302 g/mol. The summed E-state index contributed by atoms with van der Waals surface area (Å²) in [6, 6.07) is 0. The molecule has 1 heterocycles. The Morgan fingerprint density at radius 2 is 1.78 bits per heavy atom. The molecule has 0 aromatic rings. The maximum Gasteiger partial charge on any atom is 0.353 e. The third kappa shape index (κ3) is 4.01. The van der Waals surface area contributed by atoms with Crippen molar-refractivity contribution in [3.63, 3.8) is 0 Å². The van der Waals surface area contributed by atoms with Crippen LogP contribution in [0.5, 0.6) is 0 Å². The van der Waals surface area contributed by atoms with Crippen molar-refractivity contribution in [2.45, 2.75) is 31.7 Å². The number of hydrogen-bond donors (Lipinski definition) is 0. The average Bonchev–Trinajstić information content (AvgIpc) is 2.33. The van der Waals surface area contributed by atoms with Crippen molar-refractivity contribution in [3.05, 3.63) is 0 Å². The largest absolute Gasteiger partial charge is 0.353 e. The lowest BCUT2D eigenvalue weighted by Crippen LogP contribution is -2.35. The molecule has 1 saturated heterocycles. The molecule has 1 aliphatic rings. The molecule has 1 unspecified atom stereocenters. The van der Waals surface area contributed by atoms with Gasteiger partial charge in [-0.15, -0.1) is 0 Å². The van der Waals surface area contributed by atoms with Crippen LogP contribution in [0.25, 0.3) is 0 Å². The normalized spacial score (nSPS) is 24.0. The predicted octanol–water partition coefficient (Wildman–Crippen LogP) is 1.69. The Kier molecular flexibility index (Phi) is 6.23. The van der Waals surface area contributed by atoms with E-state index in [2.05, 4.69) is 4.18 Å². The minimum absolute atomic E-state index is 0.160. The maximum absolute atomic E-state index is 12.5. The van der Waals surface area contributed by atoms with Crippen LogP contribution in [-0.4, -0.2) is 40.0 Å². The van der Waals surface area contributed by atoms with E-state index in [4.69, 9.17) is 13.8 Å². The van der Waals surface area contributed by atoms with Crippen molar-refractivity contribution in [3.8, 4) is 0 Å². The van der Waals surface area contributed by atoms with Crippen LogP contribution in [0, 0.1) is 0 Å². The summed E-state index contributed by atoms with van der Waals surface area (Å²) in [5.74, 6) is 0. The quantitative estimate of drug-likeness (QED) is 0.522. The summed E-state index contributed by atoms with van der Waals surface area (Å²) in [7, 11) is -7.77. The van der Waals surface area contributed by atoms with E-state index < -0.39 is 22.7 Å². The van der Waals surface area contributed by atoms with E-state index in [0.29, 0.717) is 12.8 Å². The molecule has 108 valence electrons. The Balaban J connectivity index is 2.89. The van der Waals surface area contributed by atoms with Gasteiger partial charge in [-0.05, 0) is 12.8 Å². The van der Waals surface area contributed by atoms with Gasteiger partial charge in [0.25, 0.3) is 10.1 Å². The van der Waals surface area contributed by atoms with Crippen LogP contribution in [-0.2, 0) is 32.7 Å². The maximum atomic E-state index is 12.5. The van der Waals surface area contributed by atoms with Crippen LogP contribution < -0.4 is 0 Å². The fourth-order valence-electron chi connectivity index (χ4n) is 1.30. The molecule has 0 bridgehead atoms. The third-order valence-electron chi connectivity index (χ3n) is 2.19. The van der Waals surface area contributed by atoms with Gasteiger partial charge in [0.1, 0.15) is 0 Å². The van der Waals surface area contributed by atoms with Crippen LogP contribution in [0.3, 0.4) is 0 Å². The van der Waals surface area contributed by atoms with E-state index in [1.54, 1.807) is 0 Å². The molecule has 0 amide bonds. The van der Waals surface area contributed by atoms with Gasteiger partial charge in [0.05, 0.1) is 19.8 Å². The van der Waals surface area contributed by atoms with Gasteiger partial charge in [-0.1, -0.05) is 13.8 Å². The van der Waals surface area contributed by atoms with Crippen molar-refractivity contribution < 1.29 is 31.0 Å². The summed E-state index contributed by atoms with van der Waals surface area (Å²) >= 11 is 0. The number of hydrogen-bond acceptors (Lipinski definition) is 7. The fraction of sp³-hybridized carbons (Fsp3) is 1.00. The first-order valence-electron chi connectivity index (χ1n) is 5.81. The van der Waals surface area contributed by atoms with Crippen molar-refractivity contribution in [1.82, 2.24) is 0 Å². The molecule has 9 heteroatoms. The van der Waals surface area contributed by atoms with E-state index in [-0.39, 0.29) is 26.6 Å². The molecule has 0 radical (unpaired) electrons. The van der Waals surface area contributed by atoms with Crippen LogP contribution in [0.2, 0.25) is 0 Å². The number of ether oxygens (including phenoxy) is 1. The van der Waals surface area contributed by atoms with Crippen LogP contribution in [0.1, 0.15) is 26.7 Å². The smallest absolute Gasteiger partial charge is 0.352 e. The van der Waals surface area contributed by atoms with E-state index in [1.807, 2.05) is 13.8 Å². The van der Waals surface area contributed by atoms with Gasteiger partial charge in [0, 0.05) is 0 Å². The molecule has 1 rings (SSSR count). The molecule has 0 spiro atoms. The first kappa shape index (κ1) is 16.1. The summed E-state index contributed by atoms with van der Waals surface area (Å²) in [4.78, 5) is -1.41. The zero-order valence-electron chi connectivity index (χ0n) is 10.5. The lowest BCUT2D eigenvalue weighted by Gasteiger charge is -2.28.